The summed E-state index contributed by atoms with van der Waals surface area (Å²) in [6.45, 7) is 23.4. The van der Waals surface area contributed by atoms with Gasteiger partial charge in [-0.25, -0.2) is 0 Å². The Kier molecular flexibility index (Phi) is 19.7. The fourth-order valence-electron chi connectivity index (χ4n) is 5.86. The summed E-state index contributed by atoms with van der Waals surface area (Å²) in [5.41, 5.74) is 1.57. The van der Waals surface area contributed by atoms with E-state index in [1.165, 1.54) is 11.8 Å². The first-order chi connectivity index (χ1) is 25.1. The van der Waals surface area contributed by atoms with Crippen molar-refractivity contribution in [3.63, 3.8) is 0 Å². The zero-order valence-electron chi connectivity index (χ0n) is 34.8. The number of hydrogen-bond donors (Lipinski definition) is 3. The third-order valence-electron chi connectivity index (χ3n) is 9.15. The van der Waals surface area contributed by atoms with Crippen LogP contribution in [-0.4, -0.2) is 98.9 Å². The van der Waals surface area contributed by atoms with Gasteiger partial charge >= 0.3 is 5.97 Å². The Morgan fingerprint density at radius 2 is 1.35 bits per heavy atom. The molecule has 2 aromatic rings. The number of benzene rings is 2. The molecule has 0 bridgehead atoms. The second kappa shape index (κ2) is 22.1. The summed E-state index contributed by atoms with van der Waals surface area (Å²) in [4.78, 5) is 12.1. The molecule has 54 heavy (non-hydrogen) atoms. The van der Waals surface area contributed by atoms with Gasteiger partial charge in [-0.2, -0.15) is 0 Å². The number of rotatable bonds is 18. The Morgan fingerprint density at radius 3 is 1.81 bits per heavy atom. The van der Waals surface area contributed by atoms with Crippen LogP contribution in [0.25, 0.3) is 0 Å². The van der Waals surface area contributed by atoms with Gasteiger partial charge in [0.2, 0.25) is 0 Å². The van der Waals surface area contributed by atoms with E-state index in [1.54, 1.807) is 46.8 Å². The van der Waals surface area contributed by atoms with Crippen LogP contribution in [0.5, 0.6) is 11.5 Å². The van der Waals surface area contributed by atoms with Crippen molar-refractivity contribution in [3.8, 4) is 11.5 Å². The first-order valence-corrected chi connectivity index (χ1v) is 20.5. The van der Waals surface area contributed by atoms with Crippen LogP contribution in [0, 0.1) is 11.8 Å². The van der Waals surface area contributed by atoms with Gasteiger partial charge in [0.05, 0.1) is 70.1 Å². The first-order valence-electron chi connectivity index (χ1n) is 18.8. The third kappa shape index (κ3) is 16.6. The molecule has 1 aliphatic rings. The van der Waals surface area contributed by atoms with Crippen molar-refractivity contribution in [3.05, 3.63) is 59.7 Å². The van der Waals surface area contributed by atoms with Gasteiger partial charge in [0, 0.05) is 27.1 Å². The molecule has 0 radical (unpaired) electrons. The number of carbonyl (C=O) groups is 1. The summed E-state index contributed by atoms with van der Waals surface area (Å²) >= 11 is 3.24. The molecule has 0 amide bonds. The van der Waals surface area contributed by atoms with Gasteiger partial charge in [-0.05, 0) is 83.9 Å². The van der Waals surface area contributed by atoms with E-state index in [0.29, 0.717) is 31.7 Å². The maximum Gasteiger partial charge on any atom is 0.308 e. The maximum absolute atomic E-state index is 12.1. The highest BCUT2D eigenvalue weighted by atomic mass is 32.2. The maximum atomic E-state index is 12.1. The van der Waals surface area contributed by atoms with E-state index >= 15 is 0 Å². The Morgan fingerprint density at radius 1 is 0.870 bits per heavy atom. The standard InChI is InChI=1S/C24H40O6S.C18H28O4S/c1-16(14-29-15-18-9-11-19(28-8)12-10-18)22(27)17(2)31-24(6,7)20(25)13-21(26)30-23(3,4)5;1-12(16-13(2)23-18(3,4)17(19)22-16)10-21-11-14-6-8-15(20-5)9-7-14/h9-12,16-17,20,22,25,27H,13-15H2,1-8H3;6-9,12-13,16-17,19H,10-11H2,1-5H3/t16-,17+,20?,22-;12-,13+,16-,17?/m00/s1. The SMILES string of the molecule is COc1ccc(COC[C@H](C)[C@@H]2OC(O)C(C)(C)S[C@@H]2C)cc1.COc1ccc(COC[C@H](C)[C@H](O)[C@@H](C)SC(C)(C)C(O)CC(=O)OC(C)(C)C)cc1. The predicted molar refractivity (Wildman–Crippen MR) is 219 cm³/mol. The second-order valence-corrected chi connectivity index (χ2v) is 20.3. The van der Waals surface area contributed by atoms with Crippen LogP contribution in [0.2, 0.25) is 0 Å². The Balaban J connectivity index is 0.000000389. The van der Waals surface area contributed by atoms with Crippen LogP contribution in [0.4, 0.5) is 0 Å². The van der Waals surface area contributed by atoms with Crippen LogP contribution in [0.15, 0.2) is 48.5 Å². The third-order valence-corrected chi connectivity index (χ3v) is 12.1. The molecule has 0 aliphatic carbocycles. The minimum Gasteiger partial charge on any atom is -0.497 e. The van der Waals surface area contributed by atoms with Gasteiger partial charge in [0.15, 0.2) is 6.29 Å². The van der Waals surface area contributed by atoms with E-state index in [1.807, 2.05) is 90.1 Å². The molecule has 1 heterocycles. The lowest BCUT2D eigenvalue weighted by molar-refractivity contribution is -0.174. The number of carbonyl (C=O) groups excluding carboxylic acids is 1. The summed E-state index contributed by atoms with van der Waals surface area (Å²) in [7, 11) is 3.29. The molecule has 0 spiro atoms. The lowest BCUT2D eigenvalue weighted by Crippen LogP contribution is -2.50. The van der Waals surface area contributed by atoms with Crippen molar-refractivity contribution >= 4 is 29.5 Å². The quantitative estimate of drug-likeness (QED) is 0.128. The van der Waals surface area contributed by atoms with Crippen LogP contribution in [0.1, 0.15) is 93.7 Å². The van der Waals surface area contributed by atoms with Gasteiger partial charge < -0.3 is 43.7 Å². The van der Waals surface area contributed by atoms with Gasteiger partial charge in [0.1, 0.15) is 17.1 Å². The van der Waals surface area contributed by atoms with Gasteiger partial charge in [0.25, 0.3) is 0 Å². The number of thioether (sulfide) groups is 2. The zero-order valence-corrected chi connectivity index (χ0v) is 36.4. The molecular weight excluding hydrogens is 729 g/mol. The fraction of sp³-hybridized carbons (Fsp3) is 0.690. The molecule has 2 unspecified atom stereocenters. The van der Waals surface area contributed by atoms with E-state index in [-0.39, 0.29) is 34.4 Å². The molecule has 1 saturated heterocycles. The molecular formula is C42H68O10S2. The zero-order chi connectivity index (χ0) is 40.9. The average Bonchev–Trinajstić information content (AvgIpc) is 3.09. The van der Waals surface area contributed by atoms with Crippen molar-refractivity contribution in [1.29, 1.82) is 0 Å². The van der Waals surface area contributed by atoms with Crippen LogP contribution in [0.3, 0.4) is 0 Å². The summed E-state index contributed by atoms with van der Waals surface area (Å²) in [5, 5.41) is 31.6. The number of aliphatic hydroxyl groups is 3. The van der Waals surface area contributed by atoms with Crippen molar-refractivity contribution in [2.75, 3.05) is 27.4 Å². The lowest BCUT2D eigenvalue weighted by atomic mass is 10.0. The molecule has 1 aliphatic heterocycles. The normalized spacial score (nSPS) is 21.4. The topological polar surface area (TPSA) is 133 Å². The summed E-state index contributed by atoms with van der Waals surface area (Å²) in [5.74, 6) is 1.36. The van der Waals surface area contributed by atoms with Crippen molar-refractivity contribution in [2.24, 2.45) is 11.8 Å². The van der Waals surface area contributed by atoms with Crippen molar-refractivity contribution < 1.29 is 48.5 Å². The molecule has 2 aromatic carbocycles. The molecule has 0 aromatic heterocycles. The van der Waals surface area contributed by atoms with Crippen LogP contribution >= 0.6 is 23.5 Å². The molecule has 3 N–H and O–H groups in total. The minimum atomic E-state index is -0.886. The number of aliphatic hydroxyl groups excluding tert-OH is 3. The van der Waals surface area contributed by atoms with Crippen LogP contribution in [-0.2, 0) is 37.0 Å². The monoisotopic (exact) mass is 796 g/mol. The van der Waals surface area contributed by atoms with Gasteiger partial charge in [-0.1, -0.05) is 52.0 Å². The summed E-state index contributed by atoms with van der Waals surface area (Å²) in [6, 6.07) is 15.6. The Hall–Kier alpha value is -2.03. The Labute approximate surface area is 333 Å². The first kappa shape index (κ1) is 48.1. The van der Waals surface area contributed by atoms with E-state index in [2.05, 4.69) is 13.8 Å². The summed E-state index contributed by atoms with van der Waals surface area (Å²) < 4.78 is 32.2. The molecule has 1 fully saturated rings. The Bertz CT molecular complexity index is 1360. The van der Waals surface area contributed by atoms with E-state index in [0.717, 1.165) is 22.6 Å². The summed E-state index contributed by atoms with van der Waals surface area (Å²) in [6.07, 6.45) is -2.32. The lowest BCUT2D eigenvalue weighted by Gasteiger charge is -2.44. The number of esters is 1. The van der Waals surface area contributed by atoms with E-state index in [4.69, 9.17) is 28.4 Å². The molecule has 10 nitrogen and oxygen atoms in total. The van der Waals surface area contributed by atoms with Gasteiger partial charge in [-0.3, -0.25) is 4.79 Å². The molecule has 12 heteroatoms. The molecule has 3 rings (SSSR count). The number of methoxy groups -OCH3 is 2. The highest BCUT2D eigenvalue weighted by molar-refractivity contribution is 8.01. The fourth-order valence-corrected chi connectivity index (χ4v) is 9.07. The molecule has 0 saturated carbocycles. The molecule has 8 atom stereocenters. The van der Waals surface area contributed by atoms with Crippen LogP contribution < -0.4 is 9.47 Å². The van der Waals surface area contributed by atoms with Gasteiger partial charge in [-0.15, -0.1) is 23.5 Å². The number of ether oxygens (including phenoxy) is 6. The second-order valence-electron chi connectivity index (χ2n) is 16.3. The predicted octanol–water partition coefficient (Wildman–Crippen LogP) is 7.67. The smallest absolute Gasteiger partial charge is 0.308 e. The van der Waals surface area contributed by atoms with E-state index in [9.17, 15) is 20.1 Å². The highest BCUT2D eigenvalue weighted by Crippen LogP contribution is 2.42. The molecule has 308 valence electrons. The largest absolute Gasteiger partial charge is 0.497 e. The van der Waals surface area contributed by atoms with Crippen molar-refractivity contribution in [2.45, 2.75) is 146 Å². The average molecular weight is 797 g/mol. The van der Waals surface area contributed by atoms with Crippen molar-refractivity contribution in [1.82, 2.24) is 0 Å². The highest BCUT2D eigenvalue weighted by Gasteiger charge is 2.43. The van der Waals surface area contributed by atoms with E-state index < -0.39 is 34.8 Å². The minimum absolute atomic E-state index is 0.00103. The number of hydrogen-bond acceptors (Lipinski definition) is 12.